The van der Waals surface area contributed by atoms with Crippen molar-refractivity contribution in [2.45, 2.75) is 0 Å². The molecule has 0 aliphatic heterocycles. The van der Waals surface area contributed by atoms with Crippen LogP contribution in [0.3, 0.4) is 0 Å². The van der Waals surface area contributed by atoms with Gasteiger partial charge in [0.05, 0.1) is 17.5 Å². The van der Waals surface area contributed by atoms with Crippen molar-refractivity contribution in [3.05, 3.63) is 82.7 Å². The molecule has 3 aromatic heterocycles. The maximum absolute atomic E-state index is 13.4. The van der Waals surface area contributed by atoms with Crippen molar-refractivity contribution in [2.24, 2.45) is 0 Å². The average Bonchev–Trinajstić information content (AvgIpc) is 3.33. The Labute approximate surface area is 155 Å². The van der Waals surface area contributed by atoms with Crippen LogP contribution in [0.4, 0.5) is 9.52 Å². The molecule has 1 N–H and O–H groups in total. The summed E-state index contributed by atoms with van der Waals surface area (Å²) in [7, 11) is 0. The lowest BCUT2D eigenvalue weighted by Crippen LogP contribution is -2.20. The van der Waals surface area contributed by atoms with Gasteiger partial charge in [0.15, 0.2) is 10.8 Å². The zero-order valence-electron chi connectivity index (χ0n) is 13.6. The summed E-state index contributed by atoms with van der Waals surface area (Å²) < 4.78 is 19.9. The van der Waals surface area contributed by atoms with Gasteiger partial charge in [-0.2, -0.15) is 0 Å². The van der Waals surface area contributed by atoms with Gasteiger partial charge in [0, 0.05) is 12.3 Å². The number of halogens is 1. The van der Waals surface area contributed by atoms with Crippen molar-refractivity contribution in [2.75, 3.05) is 5.32 Å². The first kappa shape index (κ1) is 16.9. The monoisotopic (exact) mass is 382 g/mol. The van der Waals surface area contributed by atoms with E-state index in [1.165, 1.54) is 47.4 Å². The third kappa shape index (κ3) is 3.53. The average molecular weight is 382 g/mol. The molecule has 0 saturated heterocycles. The summed E-state index contributed by atoms with van der Waals surface area (Å²) in [6.45, 7) is 0. The molecule has 0 spiro atoms. The fourth-order valence-electron chi connectivity index (χ4n) is 2.39. The Balaban J connectivity index is 1.59. The summed E-state index contributed by atoms with van der Waals surface area (Å²) in [5.41, 5.74) is 0.160. The molecule has 0 aliphatic rings. The molecular formula is C18H11FN4O3S. The smallest absolute Gasteiger partial charge is 0.258 e. The number of anilines is 1. The number of carbonyl (C=O) groups excluding carboxylic acids is 1. The zero-order valence-corrected chi connectivity index (χ0v) is 14.4. The van der Waals surface area contributed by atoms with Gasteiger partial charge >= 0.3 is 0 Å². The van der Waals surface area contributed by atoms with Crippen LogP contribution < -0.4 is 10.9 Å². The SMILES string of the molecule is O=C(Nc1nnc(-c2ccco2)s1)c1ccc(=O)n(-c2cccc(F)c2)c1. The number of nitrogens with zero attached hydrogens (tertiary/aromatic N) is 3. The van der Waals surface area contributed by atoms with Gasteiger partial charge in [0.2, 0.25) is 5.13 Å². The minimum atomic E-state index is -0.478. The lowest BCUT2D eigenvalue weighted by molar-refractivity contribution is 0.102. The van der Waals surface area contributed by atoms with E-state index in [2.05, 4.69) is 15.5 Å². The van der Waals surface area contributed by atoms with Gasteiger partial charge in [-0.05, 0) is 36.4 Å². The Morgan fingerprint density at radius 3 is 2.81 bits per heavy atom. The Hall–Kier alpha value is -3.59. The molecule has 0 bridgehead atoms. The maximum Gasteiger partial charge on any atom is 0.258 e. The van der Waals surface area contributed by atoms with E-state index in [0.717, 1.165) is 11.3 Å². The molecule has 4 rings (SSSR count). The standard InChI is InChI=1S/C18H11FN4O3S/c19-12-3-1-4-13(9-12)23-10-11(6-7-15(23)24)16(25)20-18-22-21-17(27-18)14-5-2-8-26-14/h1-10H,(H,20,22,25). The molecule has 0 radical (unpaired) electrons. The summed E-state index contributed by atoms with van der Waals surface area (Å²) in [5, 5.41) is 11.3. The molecule has 0 saturated carbocycles. The van der Waals surface area contributed by atoms with Crippen molar-refractivity contribution in [1.29, 1.82) is 0 Å². The van der Waals surface area contributed by atoms with Crippen LogP contribution in [-0.4, -0.2) is 20.7 Å². The molecule has 27 heavy (non-hydrogen) atoms. The van der Waals surface area contributed by atoms with E-state index in [9.17, 15) is 14.0 Å². The number of hydrogen-bond acceptors (Lipinski definition) is 6. The van der Waals surface area contributed by atoms with Gasteiger partial charge in [-0.25, -0.2) is 4.39 Å². The number of furan rings is 1. The van der Waals surface area contributed by atoms with Gasteiger partial charge in [0.1, 0.15) is 5.82 Å². The highest BCUT2D eigenvalue weighted by Crippen LogP contribution is 2.26. The number of amides is 1. The third-order valence-corrected chi connectivity index (χ3v) is 4.49. The van der Waals surface area contributed by atoms with E-state index in [1.54, 1.807) is 18.2 Å². The van der Waals surface area contributed by atoms with Crippen molar-refractivity contribution < 1.29 is 13.6 Å². The fourth-order valence-corrected chi connectivity index (χ4v) is 3.10. The number of pyridine rings is 1. The first-order valence-corrected chi connectivity index (χ1v) is 8.59. The van der Waals surface area contributed by atoms with E-state index >= 15 is 0 Å². The molecule has 3 heterocycles. The molecule has 7 nitrogen and oxygen atoms in total. The highest BCUT2D eigenvalue weighted by atomic mass is 32.1. The molecule has 1 amide bonds. The Morgan fingerprint density at radius 2 is 2.04 bits per heavy atom. The zero-order chi connectivity index (χ0) is 18.8. The normalized spacial score (nSPS) is 10.7. The predicted molar refractivity (Wildman–Crippen MR) is 97.6 cm³/mol. The number of carbonyl (C=O) groups is 1. The quantitative estimate of drug-likeness (QED) is 0.585. The Kier molecular flexibility index (Phi) is 4.35. The highest BCUT2D eigenvalue weighted by Gasteiger charge is 2.14. The molecule has 0 fully saturated rings. The van der Waals surface area contributed by atoms with Crippen molar-refractivity contribution in [3.8, 4) is 16.5 Å². The number of aromatic nitrogens is 3. The van der Waals surface area contributed by atoms with Crippen LogP contribution >= 0.6 is 11.3 Å². The second-order valence-corrected chi connectivity index (χ2v) is 6.43. The molecule has 9 heteroatoms. The molecule has 0 atom stereocenters. The van der Waals surface area contributed by atoms with Crippen LogP contribution in [0.1, 0.15) is 10.4 Å². The first-order valence-electron chi connectivity index (χ1n) is 7.77. The summed E-state index contributed by atoms with van der Waals surface area (Å²) in [4.78, 5) is 24.6. The van der Waals surface area contributed by atoms with E-state index in [1.807, 2.05) is 0 Å². The van der Waals surface area contributed by atoms with Crippen molar-refractivity contribution >= 4 is 22.4 Å². The van der Waals surface area contributed by atoms with Crippen LogP contribution in [0.2, 0.25) is 0 Å². The van der Waals surface area contributed by atoms with Crippen molar-refractivity contribution in [1.82, 2.24) is 14.8 Å². The summed E-state index contributed by atoms with van der Waals surface area (Å²) in [5.74, 6) is -0.400. The second kappa shape index (κ2) is 6.96. The number of hydrogen-bond donors (Lipinski definition) is 1. The third-order valence-electron chi connectivity index (χ3n) is 3.64. The molecule has 0 unspecified atom stereocenters. The fraction of sp³-hybridized carbons (Fsp3) is 0. The molecule has 4 aromatic rings. The van der Waals surface area contributed by atoms with Gasteiger partial charge in [-0.3, -0.25) is 19.5 Å². The van der Waals surface area contributed by atoms with Gasteiger partial charge < -0.3 is 4.42 Å². The Bertz CT molecular complexity index is 1170. The first-order chi connectivity index (χ1) is 13.1. The van der Waals surface area contributed by atoms with Gasteiger partial charge in [-0.15, -0.1) is 10.2 Å². The molecule has 0 aliphatic carbocycles. The van der Waals surface area contributed by atoms with Crippen LogP contribution in [0, 0.1) is 5.82 Å². The summed E-state index contributed by atoms with van der Waals surface area (Å²) in [6.07, 6.45) is 2.87. The molecule has 134 valence electrons. The summed E-state index contributed by atoms with van der Waals surface area (Å²) >= 11 is 1.15. The maximum atomic E-state index is 13.4. The summed E-state index contributed by atoms with van der Waals surface area (Å²) in [6, 6.07) is 11.6. The largest absolute Gasteiger partial charge is 0.462 e. The van der Waals surface area contributed by atoms with E-state index in [0.29, 0.717) is 16.5 Å². The lowest BCUT2D eigenvalue weighted by atomic mass is 10.2. The number of benzene rings is 1. The molecular weight excluding hydrogens is 371 g/mol. The minimum Gasteiger partial charge on any atom is -0.462 e. The van der Waals surface area contributed by atoms with Crippen LogP contribution in [0.15, 0.2) is 70.2 Å². The predicted octanol–water partition coefficient (Wildman–Crippen LogP) is 3.34. The van der Waals surface area contributed by atoms with Gasteiger partial charge in [-0.1, -0.05) is 17.4 Å². The minimum absolute atomic E-state index is 0.216. The van der Waals surface area contributed by atoms with Crippen LogP contribution in [0.5, 0.6) is 0 Å². The topological polar surface area (TPSA) is 90.0 Å². The van der Waals surface area contributed by atoms with Crippen LogP contribution in [-0.2, 0) is 0 Å². The van der Waals surface area contributed by atoms with E-state index < -0.39 is 11.7 Å². The van der Waals surface area contributed by atoms with Crippen molar-refractivity contribution in [3.63, 3.8) is 0 Å². The van der Waals surface area contributed by atoms with E-state index in [4.69, 9.17) is 4.42 Å². The molecule has 1 aromatic carbocycles. The van der Waals surface area contributed by atoms with Crippen LogP contribution in [0.25, 0.3) is 16.5 Å². The Morgan fingerprint density at radius 1 is 1.15 bits per heavy atom. The highest BCUT2D eigenvalue weighted by molar-refractivity contribution is 7.18. The van der Waals surface area contributed by atoms with E-state index in [-0.39, 0.29) is 16.3 Å². The van der Waals surface area contributed by atoms with Gasteiger partial charge in [0.25, 0.3) is 11.5 Å². The second-order valence-electron chi connectivity index (χ2n) is 5.45. The lowest BCUT2D eigenvalue weighted by Gasteiger charge is -2.08. The number of nitrogens with one attached hydrogen (secondary N) is 1. The number of rotatable bonds is 4.